The summed E-state index contributed by atoms with van der Waals surface area (Å²) < 4.78 is 4.35. The van der Waals surface area contributed by atoms with Crippen molar-refractivity contribution in [2.45, 2.75) is 20.4 Å². The minimum absolute atomic E-state index is 0.109. The second kappa shape index (κ2) is 8.24. The fourth-order valence-corrected chi connectivity index (χ4v) is 4.14. The number of likely N-dealkylation sites (N-methyl/N-ethyl adjacent to an activating group) is 1. The van der Waals surface area contributed by atoms with Gasteiger partial charge in [-0.2, -0.15) is 0 Å². The van der Waals surface area contributed by atoms with Crippen molar-refractivity contribution in [2.24, 2.45) is 7.05 Å². The summed E-state index contributed by atoms with van der Waals surface area (Å²) in [6.45, 7) is 4.49. The van der Waals surface area contributed by atoms with E-state index in [1.807, 2.05) is 66.6 Å². The van der Waals surface area contributed by atoms with Crippen LogP contribution in [0, 0.1) is 13.8 Å². The molecule has 4 rings (SSSR count). The molecule has 1 N–H and O–H groups in total. The van der Waals surface area contributed by atoms with Gasteiger partial charge < -0.3 is 5.32 Å². The van der Waals surface area contributed by atoms with Crippen LogP contribution in [0.2, 0.25) is 0 Å². The quantitative estimate of drug-likeness (QED) is 0.472. The Morgan fingerprint density at radius 2 is 1.94 bits per heavy atom. The topological polar surface area (TPSA) is 84.5 Å². The minimum Gasteiger partial charge on any atom is -0.325 e. The highest BCUT2D eigenvalue weighted by Gasteiger charge is 2.17. The number of hydrogen-bond donors (Lipinski definition) is 1. The molecule has 9 heteroatoms. The second-order valence-electron chi connectivity index (χ2n) is 7.82. The molecule has 0 saturated carbocycles. The Balaban J connectivity index is 1.59. The van der Waals surface area contributed by atoms with Crippen molar-refractivity contribution in [1.82, 2.24) is 24.1 Å². The molecule has 0 radical (unpaired) electrons. The first-order chi connectivity index (χ1) is 14.7. The maximum Gasteiger partial charge on any atom is 0.262 e. The number of benzene rings is 2. The predicted molar refractivity (Wildman–Crippen MR) is 124 cm³/mol. The van der Waals surface area contributed by atoms with Gasteiger partial charge in [-0.25, -0.2) is 0 Å². The van der Waals surface area contributed by atoms with E-state index in [0.29, 0.717) is 23.5 Å². The number of carbonyl (C=O) groups excluding carboxylic acids is 1. The maximum absolute atomic E-state index is 12.7. The number of amides is 1. The lowest BCUT2D eigenvalue weighted by molar-refractivity contribution is -0.117. The van der Waals surface area contributed by atoms with Gasteiger partial charge in [0.15, 0.2) is 5.82 Å². The number of aryl methyl sites for hydroxylation is 3. The van der Waals surface area contributed by atoms with Crippen molar-refractivity contribution >= 4 is 44.2 Å². The van der Waals surface area contributed by atoms with Crippen LogP contribution >= 0.6 is 15.9 Å². The Labute approximate surface area is 187 Å². The normalized spacial score (nSPS) is 11.5. The molecular formula is C22H23BrN6O2. The minimum atomic E-state index is -0.116. The van der Waals surface area contributed by atoms with Gasteiger partial charge in [-0.3, -0.25) is 23.5 Å². The molecule has 0 bridgehead atoms. The fourth-order valence-electron chi connectivity index (χ4n) is 3.66. The number of aromatic nitrogens is 4. The van der Waals surface area contributed by atoms with Gasteiger partial charge in [0.2, 0.25) is 11.7 Å². The Kier molecular flexibility index (Phi) is 5.63. The van der Waals surface area contributed by atoms with E-state index >= 15 is 0 Å². The largest absolute Gasteiger partial charge is 0.325 e. The number of rotatable bonds is 5. The molecule has 0 atom stereocenters. The third-order valence-corrected chi connectivity index (χ3v) is 5.72. The average molecular weight is 483 g/mol. The molecule has 2 aromatic carbocycles. The highest BCUT2D eigenvalue weighted by Crippen LogP contribution is 2.20. The zero-order chi connectivity index (χ0) is 22.3. The van der Waals surface area contributed by atoms with E-state index in [1.54, 1.807) is 7.05 Å². The van der Waals surface area contributed by atoms with Crippen molar-refractivity contribution in [2.75, 3.05) is 18.9 Å². The molecule has 8 nitrogen and oxygen atoms in total. The highest BCUT2D eigenvalue weighted by atomic mass is 79.9. The summed E-state index contributed by atoms with van der Waals surface area (Å²) in [5.74, 6) is 1.02. The van der Waals surface area contributed by atoms with Crippen molar-refractivity contribution < 1.29 is 4.79 Å². The van der Waals surface area contributed by atoms with Gasteiger partial charge in [0, 0.05) is 17.2 Å². The molecule has 0 unspecified atom stereocenters. The van der Waals surface area contributed by atoms with E-state index in [1.165, 1.54) is 4.57 Å². The van der Waals surface area contributed by atoms with E-state index in [9.17, 15) is 9.59 Å². The van der Waals surface area contributed by atoms with Crippen LogP contribution in [0.4, 0.5) is 5.69 Å². The number of fused-ring (bicyclic) bond motifs is 3. The third-order valence-electron chi connectivity index (χ3n) is 5.23. The molecule has 0 spiro atoms. The van der Waals surface area contributed by atoms with Crippen LogP contribution in [-0.4, -0.2) is 43.6 Å². The zero-order valence-corrected chi connectivity index (χ0v) is 19.4. The molecule has 2 aromatic heterocycles. The summed E-state index contributed by atoms with van der Waals surface area (Å²) in [5, 5.41) is 12.1. The molecule has 160 valence electrons. The molecule has 1 amide bonds. The number of carbonyl (C=O) groups is 1. The van der Waals surface area contributed by atoms with E-state index in [2.05, 4.69) is 31.4 Å². The van der Waals surface area contributed by atoms with E-state index in [-0.39, 0.29) is 18.0 Å². The molecular weight excluding hydrogens is 460 g/mol. The lowest BCUT2D eigenvalue weighted by atomic mass is 10.1. The molecule has 0 aliphatic rings. The molecule has 0 aliphatic carbocycles. The molecule has 4 aromatic rings. The first-order valence-electron chi connectivity index (χ1n) is 9.82. The predicted octanol–water partition coefficient (Wildman–Crippen LogP) is 3.03. The summed E-state index contributed by atoms with van der Waals surface area (Å²) in [6, 6.07) is 11.5. The van der Waals surface area contributed by atoms with Crippen LogP contribution in [0.1, 0.15) is 17.0 Å². The molecule has 31 heavy (non-hydrogen) atoms. The van der Waals surface area contributed by atoms with Crippen molar-refractivity contribution in [3.8, 4) is 0 Å². The lowest BCUT2D eigenvalue weighted by Crippen LogP contribution is -2.31. The number of anilines is 1. The Morgan fingerprint density at radius 3 is 2.68 bits per heavy atom. The molecule has 0 aliphatic heterocycles. The smallest absolute Gasteiger partial charge is 0.262 e. The van der Waals surface area contributed by atoms with E-state index < -0.39 is 0 Å². The molecule has 0 fully saturated rings. The summed E-state index contributed by atoms with van der Waals surface area (Å²) in [5.41, 5.74) is 3.42. The molecule has 0 saturated heterocycles. The van der Waals surface area contributed by atoms with Gasteiger partial charge in [-0.15, -0.1) is 10.2 Å². The van der Waals surface area contributed by atoms with Crippen molar-refractivity contribution in [3.63, 3.8) is 0 Å². The number of halogens is 1. The van der Waals surface area contributed by atoms with E-state index in [4.69, 9.17) is 0 Å². The van der Waals surface area contributed by atoms with Gasteiger partial charge in [0.05, 0.1) is 24.0 Å². The third kappa shape index (κ3) is 4.11. The maximum atomic E-state index is 12.7. The first kappa shape index (κ1) is 21.2. The van der Waals surface area contributed by atoms with Crippen LogP contribution in [0.15, 0.2) is 45.7 Å². The van der Waals surface area contributed by atoms with Gasteiger partial charge in [0.1, 0.15) is 0 Å². The van der Waals surface area contributed by atoms with Crippen molar-refractivity contribution in [3.05, 3.63) is 68.2 Å². The number of nitrogens with zero attached hydrogens (tertiary/aromatic N) is 5. The standard InChI is InChI=1S/C22H23BrN6O2/c1-13-5-8-18-16(9-13)21(31)28(4)22-26-25-19(29(18)22)11-27(3)12-20(30)24-17-7-6-15(23)10-14(17)2/h5-10H,11-12H2,1-4H3,(H,24,30). The second-order valence-corrected chi connectivity index (χ2v) is 8.73. The van der Waals surface area contributed by atoms with Crippen LogP contribution in [0.5, 0.6) is 0 Å². The van der Waals surface area contributed by atoms with Gasteiger partial charge in [0.25, 0.3) is 5.56 Å². The number of hydrogen-bond acceptors (Lipinski definition) is 5. The number of nitrogens with one attached hydrogen (secondary N) is 1. The lowest BCUT2D eigenvalue weighted by Gasteiger charge is -2.16. The van der Waals surface area contributed by atoms with Gasteiger partial charge in [-0.05, 0) is 56.8 Å². The molecule has 2 heterocycles. The fraction of sp³-hybridized carbons (Fsp3) is 0.273. The Morgan fingerprint density at radius 1 is 1.16 bits per heavy atom. The Hall–Kier alpha value is -3.04. The summed E-state index contributed by atoms with van der Waals surface area (Å²) >= 11 is 3.43. The van der Waals surface area contributed by atoms with Crippen LogP contribution < -0.4 is 10.9 Å². The van der Waals surface area contributed by atoms with Gasteiger partial charge >= 0.3 is 0 Å². The SMILES string of the molecule is Cc1ccc2c(c1)c(=O)n(C)c1nnc(CN(C)CC(=O)Nc3ccc(Br)cc3C)n21. The first-order valence-corrected chi connectivity index (χ1v) is 10.6. The van der Waals surface area contributed by atoms with Crippen LogP contribution in [0.3, 0.4) is 0 Å². The summed E-state index contributed by atoms with van der Waals surface area (Å²) in [6.07, 6.45) is 0. The zero-order valence-electron chi connectivity index (χ0n) is 17.8. The Bertz CT molecular complexity index is 1370. The average Bonchev–Trinajstić information content (AvgIpc) is 3.11. The van der Waals surface area contributed by atoms with Crippen molar-refractivity contribution in [1.29, 1.82) is 0 Å². The van der Waals surface area contributed by atoms with Crippen LogP contribution in [-0.2, 0) is 18.4 Å². The summed E-state index contributed by atoms with van der Waals surface area (Å²) in [4.78, 5) is 27.1. The summed E-state index contributed by atoms with van der Waals surface area (Å²) in [7, 11) is 3.54. The highest BCUT2D eigenvalue weighted by molar-refractivity contribution is 9.10. The van der Waals surface area contributed by atoms with E-state index in [0.717, 1.165) is 26.8 Å². The van der Waals surface area contributed by atoms with Gasteiger partial charge in [-0.1, -0.05) is 27.6 Å². The monoisotopic (exact) mass is 482 g/mol. The van der Waals surface area contributed by atoms with Crippen LogP contribution in [0.25, 0.3) is 16.7 Å².